The smallest absolute Gasteiger partial charge is 0.239 e. The Morgan fingerprint density at radius 3 is 2.71 bits per heavy atom. The Bertz CT molecular complexity index is 487. The fourth-order valence-electron chi connectivity index (χ4n) is 2.09. The van der Waals surface area contributed by atoms with Crippen molar-refractivity contribution in [2.75, 3.05) is 36.9 Å². The van der Waals surface area contributed by atoms with Crippen LogP contribution in [0.4, 0.5) is 11.6 Å². The summed E-state index contributed by atoms with van der Waals surface area (Å²) in [5.41, 5.74) is 0. The lowest BCUT2D eigenvalue weighted by molar-refractivity contribution is -0.119. The van der Waals surface area contributed by atoms with Crippen molar-refractivity contribution in [3.8, 4) is 0 Å². The molecule has 116 valence electrons. The Hall–Kier alpha value is -1.85. The molecule has 0 unspecified atom stereocenters. The highest BCUT2D eigenvalue weighted by Gasteiger charge is 2.28. The standard InChI is InChI=1S/C15H25N5O/c1-4-8-17-12-9-13(19-15(18-12)11-6-7-11)20(5-2)10-14(21)16-3/h9,11H,4-8,10H2,1-3H3,(H,16,21)(H,17,18,19). The number of hydrogen-bond donors (Lipinski definition) is 2. The molecule has 1 aliphatic rings. The van der Waals surface area contributed by atoms with E-state index in [1.807, 2.05) is 17.9 Å². The minimum atomic E-state index is -0.00787. The normalized spacial score (nSPS) is 13.9. The second kappa shape index (κ2) is 7.24. The summed E-state index contributed by atoms with van der Waals surface area (Å²) in [4.78, 5) is 22.9. The first-order chi connectivity index (χ1) is 10.2. The van der Waals surface area contributed by atoms with Crippen LogP contribution in [-0.4, -0.2) is 42.6 Å². The number of likely N-dealkylation sites (N-methyl/N-ethyl adjacent to an activating group) is 2. The fourth-order valence-corrected chi connectivity index (χ4v) is 2.09. The van der Waals surface area contributed by atoms with Crippen LogP contribution < -0.4 is 15.5 Å². The first kappa shape index (κ1) is 15.5. The van der Waals surface area contributed by atoms with Gasteiger partial charge in [0, 0.05) is 32.1 Å². The van der Waals surface area contributed by atoms with E-state index in [1.165, 1.54) is 0 Å². The maximum atomic E-state index is 11.6. The van der Waals surface area contributed by atoms with E-state index in [0.29, 0.717) is 12.5 Å². The summed E-state index contributed by atoms with van der Waals surface area (Å²) in [7, 11) is 1.65. The summed E-state index contributed by atoms with van der Waals surface area (Å²) in [5, 5.41) is 5.98. The van der Waals surface area contributed by atoms with Crippen LogP contribution in [0.15, 0.2) is 6.07 Å². The van der Waals surface area contributed by atoms with E-state index in [-0.39, 0.29) is 5.91 Å². The molecular formula is C15H25N5O. The average Bonchev–Trinajstić information content (AvgIpc) is 3.34. The molecule has 1 amide bonds. The Morgan fingerprint density at radius 1 is 1.38 bits per heavy atom. The lowest BCUT2D eigenvalue weighted by Crippen LogP contribution is -2.36. The molecule has 21 heavy (non-hydrogen) atoms. The molecule has 2 N–H and O–H groups in total. The van der Waals surface area contributed by atoms with E-state index >= 15 is 0 Å². The largest absolute Gasteiger partial charge is 0.370 e. The molecule has 1 aliphatic carbocycles. The zero-order valence-corrected chi connectivity index (χ0v) is 13.1. The van der Waals surface area contributed by atoms with Gasteiger partial charge in [-0.25, -0.2) is 9.97 Å². The number of carbonyl (C=O) groups is 1. The molecule has 2 rings (SSSR count). The molecular weight excluding hydrogens is 266 g/mol. The third-order valence-corrected chi connectivity index (χ3v) is 3.55. The minimum absolute atomic E-state index is 0.00787. The Kier molecular flexibility index (Phi) is 5.36. The Balaban J connectivity index is 2.22. The van der Waals surface area contributed by atoms with Gasteiger partial charge in [-0.1, -0.05) is 6.92 Å². The number of rotatable bonds is 8. The molecule has 0 spiro atoms. The molecule has 1 saturated carbocycles. The summed E-state index contributed by atoms with van der Waals surface area (Å²) < 4.78 is 0. The molecule has 0 radical (unpaired) electrons. The average molecular weight is 291 g/mol. The molecule has 1 aromatic rings. The van der Waals surface area contributed by atoms with Gasteiger partial charge in [0.25, 0.3) is 0 Å². The monoisotopic (exact) mass is 291 g/mol. The van der Waals surface area contributed by atoms with Crippen LogP contribution >= 0.6 is 0 Å². The summed E-state index contributed by atoms with van der Waals surface area (Å²) in [6, 6.07) is 1.94. The van der Waals surface area contributed by atoms with Gasteiger partial charge in [-0.05, 0) is 26.2 Å². The summed E-state index contributed by atoms with van der Waals surface area (Å²) in [5.74, 6) is 3.08. The minimum Gasteiger partial charge on any atom is -0.370 e. The zero-order chi connectivity index (χ0) is 15.2. The van der Waals surface area contributed by atoms with Crippen molar-refractivity contribution in [1.82, 2.24) is 15.3 Å². The number of amides is 1. The molecule has 0 aliphatic heterocycles. The number of hydrogen-bond acceptors (Lipinski definition) is 5. The molecule has 0 aromatic carbocycles. The van der Waals surface area contributed by atoms with Gasteiger partial charge in [0.15, 0.2) is 0 Å². The number of nitrogens with zero attached hydrogens (tertiary/aromatic N) is 3. The van der Waals surface area contributed by atoms with Crippen LogP contribution in [0.1, 0.15) is 44.9 Å². The predicted molar refractivity (Wildman–Crippen MR) is 84.7 cm³/mol. The highest BCUT2D eigenvalue weighted by Crippen LogP contribution is 2.39. The van der Waals surface area contributed by atoms with Gasteiger partial charge in [0.1, 0.15) is 17.5 Å². The molecule has 0 atom stereocenters. The van der Waals surface area contributed by atoms with Crippen molar-refractivity contribution >= 4 is 17.5 Å². The first-order valence-electron chi connectivity index (χ1n) is 7.76. The third kappa shape index (κ3) is 4.31. The van der Waals surface area contributed by atoms with E-state index in [4.69, 9.17) is 0 Å². The van der Waals surface area contributed by atoms with Crippen LogP contribution in [0.2, 0.25) is 0 Å². The molecule has 0 bridgehead atoms. The van der Waals surface area contributed by atoms with Gasteiger partial charge in [0.2, 0.25) is 5.91 Å². The maximum Gasteiger partial charge on any atom is 0.239 e. The summed E-state index contributed by atoms with van der Waals surface area (Å²) in [6.07, 6.45) is 3.38. The first-order valence-corrected chi connectivity index (χ1v) is 7.76. The zero-order valence-electron chi connectivity index (χ0n) is 13.1. The number of carbonyl (C=O) groups excluding carboxylic acids is 1. The van der Waals surface area contributed by atoms with Crippen molar-refractivity contribution in [3.05, 3.63) is 11.9 Å². The SMILES string of the molecule is CCCNc1cc(N(CC)CC(=O)NC)nc(C2CC2)n1. The Morgan fingerprint density at radius 2 is 2.14 bits per heavy atom. The molecule has 0 saturated heterocycles. The van der Waals surface area contributed by atoms with Gasteiger partial charge in [-0.15, -0.1) is 0 Å². The van der Waals surface area contributed by atoms with Crippen LogP contribution in [-0.2, 0) is 4.79 Å². The summed E-state index contributed by atoms with van der Waals surface area (Å²) in [6.45, 7) is 6.10. The topological polar surface area (TPSA) is 70.2 Å². The predicted octanol–water partition coefficient (Wildman–Crippen LogP) is 1.75. The lowest BCUT2D eigenvalue weighted by Gasteiger charge is -2.22. The number of nitrogens with one attached hydrogen (secondary N) is 2. The molecule has 1 fully saturated rings. The van der Waals surface area contributed by atoms with Crippen LogP contribution in [0.3, 0.4) is 0 Å². The number of anilines is 2. The van der Waals surface area contributed by atoms with Gasteiger partial charge in [-0.2, -0.15) is 0 Å². The van der Waals surface area contributed by atoms with Crippen LogP contribution in [0.25, 0.3) is 0 Å². The highest BCUT2D eigenvalue weighted by molar-refractivity contribution is 5.80. The number of aromatic nitrogens is 2. The van der Waals surface area contributed by atoms with Gasteiger partial charge < -0.3 is 15.5 Å². The van der Waals surface area contributed by atoms with Crippen LogP contribution in [0, 0.1) is 0 Å². The molecule has 1 heterocycles. The van der Waals surface area contributed by atoms with E-state index in [0.717, 1.165) is 49.8 Å². The molecule has 1 aromatic heterocycles. The van der Waals surface area contributed by atoms with E-state index < -0.39 is 0 Å². The second-order valence-corrected chi connectivity index (χ2v) is 5.36. The van der Waals surface area contributed by atoms with Crippen molar-refractivity contribution in [3.63, 3.8) is 0 Å². The van der Waals surface area contributed by atoms with Gasteiger partial charge >= 0.3 is 0 Å². The van der Waals surface area contributed by atoms with Crippen molar-refractivity contribution in [2.24, 2.45) is 0 Å². The Labute approximate surface area is 126 Å². The van der Waals surface area contributed by atoms with E-state index in [9.17, 15) is 4.79 Å². The van der Waals surface area contributed by atoms with Crippen LogP contribution in [0.5, 0.6) is 0 Å². The van der Waals surface area contributed by atoms with Crippen molar-refractivity contribution < 1.29 is 4.79 Å². The van der Waals surface area contributed by atoms with Crippen molar-refractivity contribution in [1.29, 1.82) is 0 Å². The lowest BCUT2D eigenvalue weighted by atomic mass is 10.3. The molecule has 6 heteroatoms. The van der Waals surface area contributed by atoms with E-state index in [1.54, 1.807) is 7.05 Å². The van der Waals surface area contributed by atoms with Crippen molar-refractivity contribution in [2.45, 2.75) is 39.0 Å². The van der Waals surface area contributed by atoms with E-state index in [2.05, 4.69) is 27.5 Å². The second-order valence-electron chi connectivity index (χ2n) is 5.36. The summed E-state index contributed by atoms with van der Waals surface area (Å²) >= 11 is 0. The fraction of sp³-hybridized carbons (Fsp3) is 0.667. The molecule has 6 nitrogen and oxygen atoms in total. The quantitative estimate of drug-likeness (QED) is 0.763. The van der Waals surface area contributed by atoms with Gasteiger partial charge in [-0.3, -0.25) is 4.79 Å². The third-order valence-electron chi connectivity index (χ3n) is 3.55. The maximum absolute atomic E-state index is 11.6. The highest BCUT2D eigenvalue weighted by atomic mass is 16.1. The van der Waals surface area contributed by atoms with Gasteiger partial charge in [0.05, 0.1) is 6.54 Å².